The molecule has 0 bridgehead atoms. The highest BCUT2D eigenvalue weighted by atomic mass is 32.2. The van der Waals surface area contributed by atoms with Gasteiger partial charge in [0.25, 0.3) is 0 Å². The van der Waals surface area contributed by atoms with Crippen molar-refractivity contribution in [1.82, 2.24) is 9.29 Å². The second kappa shape index (κ2) is 5.40. The van der Waals surface area contributed by atoms with Gasteiger partial charge >= 0.3 is 6.18 Å². The van der Waals surface area contributed by atoms with E-state index in [1.807, 2.05) is 0 Å². The summed E-state index contributed by atoms with van der Waals surface area (Å²) in [6.07, 6.45) is -3.37. The fourth-order valence-electron chi connectivity index (χ4n) is 1.89. The summed E-state index contributed by atoms with van der Waals surface area (Å²) >= 11 is 0. The number of hydrogen-bond acceptors (Lipinski definition) is 4. The number of alkyl halides is 3. The highest BCUT2D eigenvalue weighted by Crippen LogP contribution is 2.29. The number of pyridine rings is 1. The monoisotopic (exact) mass is 310 g/mol. The van der Waals surface area contributed by atoms with Crippen LogP contribution in [0.5, 0.6) is 0 Å². The molecule has 5 nitrogen and oxygen atoms in total. The van der Waals surface area contributed by atoms with Crippen molar-refractivity contribution < 1.29 is 27.6 Å². The molecule has 1 fully saturated rings. The van der Waals surface area contributed by atoms with Crippen molar-refractivity contribution in [2.24, 2.45) is 0 Å². The third-order valence-corrected chi connectivity index (χ3v) is 4.48. The number of aromatic nitrogens is 1. The number of β-amino-alcohol motifs (C(OH)–C–C–N with tert-alkyl or cyclic N) is 1. The van der Waals surface area contributed by atoms with Gasteiger partial charge in [-0.3, -0.25) is 4.98 Å². The Morgan fingerprint density at radius 2 is 2.15 bits per heavy atom. The Morgan fingerprint density at radius 1 is 1.45 bits per heavy atom. The fraction of sp³-hybridized carbons (Fsp3) is 0.545. The minimum absolute atomic E-state index is 0.00284. The second-order valence-corrected chi connectivity index (χ2v) is 6.11. The van der Waals surface area contributed by atoms with Gasteiger partial charge in [-0.25, -0.2) is 8.51 Å². The molecule has 1 aliphatic heterocycles. The third-order valence-electron chi connectivity index (χ3n) is 3.05. The molecular formula is C11H13F3N2O3S. The average molecular weight is 310 g/mol. The molecule has 2 rings (SSSR count). The maximum atomic E-state index is 12.4. The van der Waals surface area contributed by atoms with Gasteiger partial charge in [0, 0.05) is 19.3 Å². The number of rotatable bonds is 3. The van der Waals surface area contributed by atoms with Crippen molar-refractivity contribution in [3.05, 3.63) is 24.0 Å². The Balaban J connectivity index is 2.11. The van der Waals surface area contributed by atoms with E-state index in [4.69, 9.17) is 5.11 Å². The van der Waals surface area contributed by atoms with Gasteiger partial charge in [-0.1, -0.05) is 0 Å². The van der Waals surface area contributed by atoms with Gasteiger partial charge in [-0.05, 0) is 18.6 Å². The molecule has 1 aliphatic rings. The first-order valence-electron chi connectivity index (χ1n) is 5.78. The predicted molar refractivity (Wildman–Crippen MR) is 63.9 cm³/mol. The summed E-state index contributed by atoms with van der Waals surface area (Å²) in [7, 11) is -1.71. The maximum absolute atomic E-state index is 12.4. The van der Waals surface area contributed by atoms with Gasteiger partial charge in [0.2, 0.25) is 0 Å². The van der Waals surface area contributed by atoms with Crippen LogP contribution in [0.3, 0.4) is 0 Å². The highest BCUT2D eigenvalue weighted by Gasteiger charge is 2.38. The van der Waals surface area contributed by atoms with Gasteiger partial charge in [0.05, 0.1) is 11.5 Å². The lowest BCUT2D eigenvalue weighted by Crippen LogP contribution is -2.37. The summed E-state index contributed by atoms with van der Waals surface area (Å²) in [4.78, 5) is 3.37. The normalized spacial score (nSPS) is 25.9. The molecule has 20 heavy (non-hydrogen) atoms. The van der Waals surface area contributed by atoms with Crippen molar-refractivity contribution in [3.63, 3.8) is 0 Å². The van der Waals surface area contributed by atoms with Crippen LogP contribution in [-0.2, 0) is 17.2 Å². The van der Waals surface area contributed by atoms with Crippen LogP contribution < -0.4 is 0 Å². The molecule has 0 aliphatic carbocycles. The van der Waals surface area contributed by atoms with E-state index in [2.05, 4.69) is 4.98 Å². The Kier molecular flexibility index (Phi) is 4.14. The summed E-state index contributed by atoms with van der Waals surface area (Å²) in [5, 5.41) is 18.8. The van der Waals surface area contributed by atoms with E-state index in [-0.39, 0.29) is 24.4 Å². The van der Waals surface area contributed by atoms with E-state index in [0.29, 0.717) is 0 Å². The summed E-state index contributed by atoms with van der Waals surface area (Å²) in [5.74, 6) is 0. The number of aliphatic hydroxyl groups excluding tert-OH is 1. The Bertz CT molecular complexity index is 509. The third kappa shape index (κ3) is 3.17. The molecule has 2 heterocycles. The standard InChI is InChI=1S/C11H13F3N2O3S/c12-11(13,14)9-2-1-8(5-15-9)20(19)16-4-3-10(18,6-16)7-17/h1-2,5,17-18H,3-4,6-7H2. The first-order chi connectivity index (χ1) is 9.25. The Labute approximate surface area is 115 Å². The summed E-state index contributed by atoms with van der Waals surface area (Å²) < 4.78 is 50.6. The van der Waals surface area contributed by atoms with Gasteiger partial charge in [-0.15, -0.1) is 0 Å². The Hall–Kier alpha value is -1.03. The molecule has 1 aromatic rings. The molecule has 2 N–H and O–H groups in total. The van der Waals surface area contributed by atoms with Crippen LogP contribution in [0.2, 0.25) is 0 Å². The van der Waals surface area contributed by atoms with Crippen molar-refractivity contribution in [2.45, 2.75) is 23.1 Å². The van der Waals surface area contributed by atoms with Gasteiger partial charge in [-0.2, -0.15) is 13.2 Å². The van der Waals surface area contributed by atoms with Gasteiger partial charge < -0.3 is 10.2 Å². The summed E-state index contributed by atoms with van der Waals surface area (Å²) in [5.41, 5.74) is -2.36. The van der Waals surface area contributed by atoms with Crippen molar-refractivity contribution in [2.75, 3.05) is 19.7 Å². The van der Waals surface area contributed by atoms with Crippen LogP contribution in [0.4, 0.5) is 13.2 Å². The molecule has 0 radical (unpaired) electrons. The first kappa shape index (κ1) is 15.4. The molecule has 0 amide bonds. The van der Waals surface area contributed by atoms with Gasteiger partial charge in [0.1, 0.15) is 22.3 Å². The maximum Gasteiger partial charge on any atom is 0.433 e. The molecule has 1 saturated heterocycles. The van der Waals surface area contributed by atoms with Crippen LogP contribution in [0, 0.1) is 0 Å². The molecule has 0 saturated carbocycles. The predicted octanol–water partition coefficient (Wildman–Crippen LogP) is 0.552. The molecule has 112 valence electrons. The smallest absolute Gasteiger partial charge is 0.393 e. The topological polar surface area (TPSA) is 73.7 Å². The number of nitrogens with zero attached hydrogens (tertiary/aromatic N) is 2. The van der Waals surface area contributed by atoms with E-state index < -0.39 is 35.1 Å². The molecule has 0 aromatic carbocycles. The molecule has 2 unspecified atom stereocenters. The van der Waals surface area contributed by atoms with Crippen molar-refractivity contribution in [1.29, 1.82) is 0 Å². The van der Waals surface area contributed by atoms with E-state index in [9.17, 15) is 22.5 Å². The minimum Gasteiger partial charge on any atom is -0.393 e. The zero-order chi connectivity index (χ0) is 15.0. The van der Waals surface area contributed by atoms with E-state index in [0.717, 1.165) is 18.3 Å². The Morgan fingerprint density at radius 3 is 2.60 bits per heavy atom. The lowest BCUT2D eigenvalue weighted by atomic mass is 10.1. The number of hydrogen-bond donors (Lipinski definition) is 2. The summed E-state index contributed by atoms with van der Waals surface area (Å²) in [6, 6.07) is 1.86. The van der Waals surface area contributed by atoms with Crippen molar-refractivity contribution in [3.8, 4) is 0 Å². The fourth-order valence-corrected chi connectivity index (χ4v) is 3.13. The van der Waals surface area contributed by atoms with Crippen LogP contribution in [0.15, 0.2) is 23.2 Å². The van der Waals surface area contributed by atoms with Crippen LogP contribution in [-0.4, -0.2) is 49.0 Å². The zero-order valence-corrected chi connectivity index (χ0v) is 11.1. The lowest BCUT2D eigenvalue weighted by molar-refractivity contribution is -0.141. The zero-order valence-electron chi connectivity index (χ0n) is 10.3. The molecule has 2 atom stereocenters. The molecule has 9 heteroatoms. The van der Waals surface area contributed by atoms with E-state index in [1.165, 1.54) is 4.31 Å². The average Bonchev–Trinajstić information content (AvgIpc) is 2.80. The summed E-state index contributed by atoms with van der Waals surface area (Å²) in [6.45, 7) is -0.173. The molecule has 0 spiro atoms. The van der Waals surface area contributed by atoms with E-state index >= 15 is 0 Å². The van der Waals surface area contributed by atoms with Crippen molar-refractivity contribution >= 4 is 11.0 Å². The van der Waals surface area contributed by atoms with Gasteiger partial charge in [0.15, 0.2) is 0 Å². The first-order valence-corrected chi connectivity index (χ1v) is 6.89. The molecular weight excluding hydrogens is 297 g/mol. The second-order valence-electron chi connectivity index (χ2n) is 4.62. The number of halogens is 3. The van der Waals surface area contributed by atoms with Crippen LogP contribution in [0.1, 0.15) is 12.1 Å². The van der Waals surface area contributed by atoms with E-state index in [1.54, 1.807) is 0 Å². The van der Waals surface area contributed by atoms with Crippen LogP contribution >= 0.6 is 0 Å². The highest BCUT2D eigenvalue weighted by molar-refractivity contribution is 7.82. The SMILES string of the molecule is O=S(c1ccc(C(F)(F)F)nc1)N1CCC(O)(CO)C1. The quantitative estimate of drug-likeness (QED) is 0.855. The largest absolute Gasteiger partial charge is 0.433 e. The van der Waals surface area contributed by atoms with Crippen LogP contribution in [0.25, 0.3) is 0 Å². The number of aliphatic hydroxyl groups is 2. The minimum atomic E-state index is -4.54. The molecule has 1 aromatic heterocycles. The lowest BCUT2D eigenvalue weighted by Gasteiger charge is -2.20.